The van der Waals surface area contributed by atoms with Crippen LogP contribution in [0.2, 0.25) is 10.0 Å². The SMILES string of the molecule is C/C(=N/NC(=S)NCCC[NH+]1CCOCC1)c1ccc(Cl)c(Cl)c1. The van der Waals surface area contributed by atoms with Crippen molar-refractivity contribution in [1.29, 1.82) is 0 Å². The molecule has 0 aromatic heterocycles. The number of halogens is 2. The Labute approximate surface area is 158 Å². The van der Waals surface area contributed by atoms with Crippen molar-refractivity contribution in [2.45, 2.75) is 13.3 Å². The average Bonchev–Trinajstić information content (AvgIpc) is 2.60. The molecule has 1 aliphatic heterocycles. The summed E-state index contributed by atoms with van der Waals surface area (Å²) in [6, 6.07) is 5.41. The van der Waals surface area contributed by atoms with Crippen molar-refractivity contribution in [1.82, 2.24) is 10.7 Å². The fraction of sp³-hybridized carbons (Fsp3) is 0.500. The van der Waals surface area contributed by atoms with Gasteiger partial charge in [-0.05, 0) is 36.8 Å². The predicted molar refractivity (Wildman–Crippen MR) is 103 cm³/mol. The van der Waals surface area contributed by atoms with Gasteiger partial charge in [-0.25, -0.2) is 0 Å². The third-order valence-electron chi connectivity index (χ3n) is 3.86. The molecule has 0 bridgehead atoms. The van der Waals surface area contributed by atoms with Gasteiger partial charge in [-0.2, -0.15) is 5.10 Å². The van der Waals surface area contributed by atoms with Crippen molar-refractivity contribution in [2.24, 2.45) is 5.10 Å². The van der Waals surface area contributed by atoms with E-state index in [1.165, 1.54) is 0 Å². The van der Waals surface area contributed by atoms with Gasteiger partial charge in [-0.3, -0.25) is 5.43 Å². The maximum absolute atomic E-state index is 6.01. The minimum atomic E-state index is 0.509. The molecule has 1 aromatic rings. The first kappa shape index (κ1) is 19.4. The van der Waals surface area contributed by atoms with Crippen LogP contribution in [0.4, 0.5) is 0 Å². The van der Waals surface area contributed by atoms with Gasteiger partial charge in [0.2, 0.25) is 0 Å². The van der Waals surface area contributed by atoms with E-state index >= 15 is 0 Å². The van der Waals surface area contributed by atoms with E-state index in [1.807, 2.05) is 13.0 Å². The summed E-state index contributed by atoms with van der Waals surface area (Å²) in [7, 11) is 0. The van der Waals surface area contributed by atoms with Gasteiger partial charge in [0.25, 0.3) is 0 Å². The lowest BCUT2D eigenvalue weighted by atomic mass is 10.1. The first-order valence-corrected chi connectivity index (χ1v) is 9.17. The molecule has 0 unspecified atom stereocenters. The largest absolute Gasteiger partial charge is 0.370 e. The molecular formula is C16H23Cl2N4OS+. The summed E-state index contributed by atoms with van der Waals surface area (Å²) < 4.78 is 5.35. The van der Waals surface area contributed by atoms with Crippen LogP contribution < -0.4 is 15.6 Å². The Morgan fingerprint density at radius 3 is 2.75 bits per heavy atom. The van der Waals surface area contributed by atoms with Gasteiger partial charge in [0.05, 0.1) is 35.5 Å². The van der Waals surface area contributed by atoms with Crippen LogP contribution in [0, 0.1) is 0 Å². The third-order valence-corrected chi connectivity index (χ3v) is 4.83. The summed E-state index contributed by atoms with van der Waals surface area (Å²) in [6.45, 7) is 7.77. The lowest BCUT2D eigenvalue weighted by molar-refractivity contribution is -0.908. The van der Waals surface area contributed by atoms with Crippen LogP contribution in [-0.2, 0) is 4.74 Å². The molecule has 0 spiro atoms. The second-order valence-corrected chi connectivity index (χ2v) is 6.88. The Balaban J connectivity index is 1.68. The van der Waals surface area contributed by atoms with E-state index in [0.29, 0.717) is 15.2 Å². The molecule has 24 heavy (non-hydrogen) atoms. The van der Waals surface area contributed by atoms with Crippen LogP contribution in [0.15, 0.2) is 23.3 Å². The topological polar surface area (TPSA) is 50.1 Å². The zero-order valence-corrected chi connectivity index (χ0v) is 16.0. The summed E-state index contributed by atoms with van der Waals surface area (Å²) in [5.41, 5.74) is 4.55. The number of hydrazone groups is 1. The maximum atomic E-state index is 6.01. The molecule has 1 aliphatic rings. The zero-order chi connectivity index (χ0) is 17.4. The van der Waals surface area contributed by atoms with Crippen molar-refractivity contribution in [3.8, 4) is 0 Å². The molecule has 0 radical (unpaired) electrons. The first-order valence-electron chi connectivity index (χ1n) is 8.01. The lowest BCUT2D eigenvalue weighted by Crippen LogP contribution is -3.14. The molecule has 0 amide bonds. The van der Waals surface area contributed by atoms with Crippen molar-refractivity contribution in [3.05, 3.63) is 33.8 Å². The fourth-order valence-electron chi connectivity index (χ4n) is 2.41. The molecule has 0 aliphatic carbocycles. The quantitative estimate of drug-likeness (QED) is 0.298. The van der Waals surface area contributed by atoms with Gasteiger partial charge in [-0.15, -0.1) is 0 Å². The molecule has 2 rings (SSSR count). The van der Waals surface area contributed by atoms with Gasteiger partial charge in [-0.1, -0.05) is 29.3 Å². The monoisotopic (exact) mass is 389 g/mol. The van der Waals surface area contributed by atoms with E-state index in [-0.39, 0.29) is 0 Å². The molecule has 0 saturated carbocycles. The minimum absolute atomic E-state index is 0.509. The van der Waals surface area contributed by atoms with Crippen LogP contribution in [0.25, 0.3) is 0 Å². The number of benzene rings is 1. The Bertz CT molecular complexity index is 591. The highest BCUT2D eigenvalue weighted by Gasteiger charge is 2.12. The number of nitrogens with one attached hydrogen (secondary N) is 3. The smallest absolute Gasteiger partial charge is 0.186 e. The number of hydrogen-bond acceptors (Lipinski definition) is 3. The molecular weight excluding hydrogens is 367 g/mol. The van der Waals surface area contributed by atoms with Crippen LogP contribution in [0.5, 0.6) is 0 Å². The average molecular weight is 390 g/mol. The predicted octanol–water partition coefficient (Wildman–Crippen LogP) is 1.49. The standard InChI is InChI=1S/C16H22Cl2N4OS/c1-12(13-3-4-14(17)15(18)11-13)20-21-16(24)19-5-2-6-22-7-9-23-10-8-22/h3-4,11H,2,5-10H2,1H3,(H2,19,21,24)/p+1/b20-12-. The van der Waals surface area contributed by atoms with E-state index in [9.17, 15) is 0 Å². The Hall–Kier alpha value is -0.920. The number of rotatable bonds is 6. The molecule has 132 valence electrons. The van der Waals surface area contributed by atoms with Crippen molar-refractivity contribution in [2.75, 3.05) is 39.4 Å². The maximum Gasteiger partial charge on any atom is 0.186 e. The molecule has 5 nitrogen and oxygen atoms in total. The van der Waals surface area contributed by atoms with E-state index in [4.69, 9.17) is 40.2 Å². The second-order valence-electron chi connectivity index (χ2n) is 5.66. The number of hydrogen-bond donors (Lipinski definition) is 3. The number of morpholine rings is 1. The van der Waals surface area contributed by atoms with Crippen LogP contribution in [0.3, 0.4) is 0 Å². The van der Waals surface area contributed by atoms with Crippen LogP contribution in [-0.4, -0.2) is 50.2 Å². The van der Waals surface area contributed by atoms with Gasteiger partial charge in [0.1, 0.15) is 13.1 Å². The molecule has 1 fully saturated rings. The Morgan fingerprint density at radius 2 is 2.04 bits per heavy atom. The van der Waals surface area contributed by atoms with Crippen LogP contribution >= 0.6 is 35.4 Å². The Kier molecular flexibility index (Phi) is 8.21. The third kappa shape index (κ3) is 6.53. The van der Waals surface area contributed by atoms with Crippen LogP contribution in [0.1, 0.15) is 18.9 Å². The molecule has 8 heteroatoms. The number of thiocarbonyl (C=S) groups is 1. The summed E-state index contributed by atoms with van der Waals surface area (Å²) in [5, 5.41) is 9.00. The highest BCUT2D eigenvalue weighted by molar-refractivity contribution is 7.80. The lowest BCUT2D eigenvalue weighted by Gasteiger charge is -2.23. The molecule has 3 N–H and O–H groups in total. The summed E-state index contributed by atoms with van der Waals surface area (Å²) >= 11 is 17.2. The fourth-order valence-corrected chi connectivity index (χ4v) is 2.86. The number of quaternary nitrogens is 1. The molecule has 1 aromatic carbocycles. The zero-order valence-electron chi connectivity index (χ0n) is 13.7. The normalized spacial score (nSPS) is 16.0. The summed E-state index contributed by atoms with van der Waals surface area (Å²) in [6.07, 6.45) is 1.06. The molecule has 0 atom stereocenters. The van der Waals surface area contributed by atoms with Gasteiger partial charge >= 0.3 is 0 Å². The highest BCUT2D eigenvalue weighted by Crippen LogP contribution is 2.22. The van der Waals surface area contributed by atoms with Gasteiger partial charge < -0.3 is 15.0 Å². The van der Waals surface area contributed by atoms with E-state index in [1.54, 1.807) is 17.0 Å². The second kappa shape index (κ2) is 10.2. The van der Waals surface area contributed by atoms with E-state index < -0.39 is 0 Å². The van der Waals surface area contributed by atoms with Gasteiger partial charge in [0, 0.05) is 13.0 Å². The first-order chi connectivity index (χ1) is 11.6. The van der Waals surface area contributed by atoms with Crippen molar-refractivity contribution < 1.29 is 9.64 Å². The molecule has 1 saturated heterocycles. The summed E-state index contributed by atoms with van der Waals surface area (Å²) in [5.74, 6) is 0. The number of nitrogens with zero attached hydrogens (tertiary/aromatic N) is 1. The van der Waals surface area contributed by atoms with Crippen molar-refractivity contribution >= 4 is 46.2 Å². The minimum Gasteiger partial charge on any atom is -0.370 e. The van der Waals surface area contributed by atoms with Crippen molar-refractivity contribution in [3.63, 3.8) is 0 Å². The highest BCUT2D eigenvalue weighted by atomic mass is 35.5. The number of ether oxygens (including phenoxy) is 1. The van der Waals surface area contributed by atoms with E-state index in [0.717, 1.165) is 57.1 Å². The summed E-state index contributed by atoms with van der Waals surface area (Å²) in [4.78, 5) is 1.59. The molecule has 1 heterocycles. The Morgan fingerprint density at radius 1 is 1.29 bits per heavy atom. The van der Waals surface area contributed by atoms with E-state index in [2.05, 4.69) is 15.8 Å². The van der Waals surface area contributed by atoms with Gasteiger partial charge in [0.15, 0.2) is 5.11 Å².